The topological polar surface area (TPSA) is 90.5 Å². The van der Waals surface area contributed by atoms with E-state index < -0.39 is 11.9 Å². The molecule has 0 aromatic carbocycles. The minimum Gasteiger partial charge on any atom is -0.480 e. The lowest BCUT2D eigenvalue weighted by molar-refractivity contribution is -0.137. The first kappa shape index (κ1) is 14.9. The Hall–Kier alpha value is -2.11. The summed E-state index contributed by atoms with van der Waals surface area (Å²) in [7, 11) is 1.42. The average Bonchev–Trinajstić information content (AvgIpc) is 2.63. The molecule has 2 N–H and O–H groups in total. The first-order chi connectivity index (χ1) is 8.79. The molecular weight excluding hydrogens is 248 g/mol. The van der Waals surface area contributed by atoms with Crippen molar-refractivity contribution in [1.29, 1.82) is 0 Å². The highest BCUT2D eigenvalue weighted by Crippen LogP contribution is 2.21. The van der Waals surface area contributed by atoms with E-state index in [-0.39, 0.29) is 12.3 Å². The van der Waals surface area contributed by atoms with Crippen molar-refractivity contribution in [3.8, 4) is 0 Å². The fraction of sp³-hybridized carbons (Fsp3) is 0.462. The lowest BCUT2D eigenvalue weighted by atomic mass is 10.0. The zero-order valence-corrected chi connectivity index (χ0v) is 11.5. The van der Waals surface area contributed by atoms with Crippen LogP contribution in [-0.2, 0) is 11.2 Å². The lowest BCUT2D eigenvalue weighted by Crippen LogP contribution is -2.32. The summed E-state index contributed by atoms with van der Waals surface area (Å²) in [6.07, 6.45) is 0.529. The van der Waals surface area contributed by atoms with Crippen LogP contribution in [-0.4, -0.2) is 46.2 Å². The van der Waals surface area contributed by atoms with Crippen molar-refractivity contribution < 1.29 is 19.5 Å². The highest BCUT2D eigenvalue weighted by molar-refractivity contribution is 6.03. The number of carboxylic acid groups (broad SMARTS) is 1. The average molecular weight is 266 g/mol. The van der Waals surface area contributed by atoms with Crippen LogP contribution in [0.1, 0.15) is 46.0 Å². The van der Waals surface area contributed by atoms with Gasteiger partial charge in [-0.1, -0.05) is 6.92 Å². The van der Waals surface area contributed by atoms with Crippen molar-refractivity contribution in [2.75, 3.05) is 13.6 Å². The van der Waals surface area contributed by atoms with E-state index in [0.717, 1.165) is 4.90 Å². The molecule has 1 aromatic rings. The fourth-order valence-electron chi connectivity index (χ4n) is 2.15. The van der Waals surface area contributed by atoms with Crippen LogP contribution in [0.4, 0.5) is 0 Å². The van der Waals surface area contributed by atoms with Crippen LogP contribution in [0.25, 0.3) is 0 Å². The smallest absolute Gasteiger partial charge is 0.323 e. The van der Waals surface area contributed by atoms with Gasteiger partial charge in [-0.2, -0.15) is 0 Å². The maximum atomic E-state index is 12.2. The van der Waals surface area contributed by atoms with E-state index in [9.17, 15) is 14.4 Å². The summed E-state index contributed by atoms with van der Waals surface area (Å²) in [4.78, 5) is 38.4. The fourth-order valence-corrected chi connectivity index (χ4v) is 2.15. The number of nitrogens with one attached hydrogen (secondary N) is 1. The molecular formula is C13H18N2O4. The summed E-state index contributed by atoms with van der Waals surface area (Å²) in [6, 6.07) is 0. The Bertz CT molecular complexity index is 531. The Kier molecular flexibility index (Phi) is 4.47. The summed E-state index contributed by atoms with van der Waals surface area (Å²) >= 11 is 0. The number of likely N-dealkylation sites (N-methyl/N-ethyl adjacent to an activating group) is 1. The highest BCUT2D eigenvalue weighted by atomic mass is 16.4. The highest BCUT2D eigenvalue weighted by Gasteiger charge is 2.24. The number of aromatic amines is 1. The number of hydrogen-bond acceptors (Lipinski definition) is 3. The minimum atomic E-state index is -1.08. The van der Waals surface area contributed by atoms with Crippen molar-refractivity contribution in [1.82, 2.24) is 9.88 Å². The first-order valence-electron chi connectivity index (χ1n) is 5.99. The van der Waals surface area contributed by atoms with Gasteiger partial charge in [0.2, 0.25) is 0 Å². The molecule has 104 valence electrons. The van der Waals surface area contributed by atoms with E-state index in [1.54, 1.807) is 6.92 Å². The van der Waals surface area contributed by atoms with Gasteiger partial charge >= 0.3 is 5.97 Å². The van der Waals surface area contributed by atoms with Crippen molar-refractivity contribution in [2.45, 2.75) is 27.2 Å². The van der Waals surface area contributed by atoms with Gasteiger partial charge in [0.1, 0.15) is 12.2 Å². The van der Waals surface area contributed by atoms with E-state index in [4.69, 9.17) is 5.11 Å². The summed E-state index contributed by atoms with van der Waals surface area (Å²) in [5, 5.41) is 8.70. The molecule has 0 aliphatic heterocycles. The molecule has 0 aliphatic carbocycles. The van der Waals surface area contributed by atoms with Gasteiger partial charge in [-0.3, -0.25) is 14.4 Å². The number of Topliss-reactive ketones (excluding diaryl/α,β-unsaturated/α-hetero) is 1. The van der Waals surface area contributed by atoms with E-state index in [1.807, 2.05) is 6.92 Å². The van der Waals surface area contributed by atoms with Crippen LogP contribution >= 0.6 is 0 Å². The van der Waals surface area contributed by atoms with Gasteiger partial charge in [-0.25, -0.2) is 0 Å². The van der Waals surface area contributed by atoms with Crippen LogP contribution in [0.15, 0.2) is 0 Å². The van der Waals surface area contributed by atoms with Crippen molar-refractivity contribution in [3.05, 3.63) is 22.5 Å². The van der Waals surface area contributed by atoms with Crippen molar-refractivity contribution >= 4 is 17.7 Å². The third kappa shape index (κ3) is 3.01. The predicted octanol–water partition coefficient (Wildman–Crippen LogP) is 1.24. The molecule has 1 heterocycles. The molecule has 0 saturated carbocycles. The van der Waals surface area contributed by atoms with Gasteiger partial charge < -0.3 is 15.0 Å². The maximum Gasteiger partial charge on any atom is 0.323 e. The third-order valence-corrected chi connectivity index (χ3v) is 2.93. The maximum absolute atomic E-state index is 12.2. The molecule has 0 radical (unpaired) electrons. The number of carbonyl (C=O) groups excluding carboxylic acids is 2. The van der Waals surface area contributed by atoms with Gasteiger partial charge in [0, 0.05) is 18.3 Å². The van der Waals surface area contributed by atoms with Gasteiger partial charge in [0.15, 0.2) is 5.78 Å². The van der Waals surface area contributed by atoms with Gasteiger partial charge in [0.05, 0.1) is 0 Å². The first-order valence-corrected chi connectivity index (χ1v) is 5.99. The molecule has 0 aliphatic rings. The number of aromatic nitrogens is 1. The number of nitrogens with zero attached hydrogens (tertiary/aromatic N) is 1. The van der Waals surface area contributed by atoms with Crippen LogP contribution in [0.3, 0.4) is 0 Å². The molecule has 1 aromatic heterocycles. The lowest BCUT2D eigenvalue weighted by Gasteiger charge is -2.14. The molecule has 0 atom stereocenters. The number of ketones is 1. The van der Waals surface area contributed by atoms with E-state index >= 15 is 0 Å². The summed E-state index contributed by atoms with van der Waals surface area (Å²) in [5.74, 6) is -1.61. The quantitative estimate of drug-likeness (QED) is 0.785. The zero-order valence-electron chi connectivity index (χ0n) is 11.5. The standard InChI is InChI=1S/C13H18N2O4/c1-5-9-11(8(3)16)7(2)14-12(9)13(19)15(4)6-10(17)18/h14H,5-6H2,1-4H3,(H,17,18). The van der Waals surface area contributed by atoms with E-state index in [1.165, 1.54) is 14.0 Å². The Morgan fingerprint density at radius 2 is 1.89 bits per heavy atom. The largest absolute Gasteiger partial charge is 0.480 e. The SMILES string of the molecule is CCc1c(C(=O)N(C)CC(=O)O)[nH]c(C)c1C(C)=O. The molecule has 19 heavy (non-hydrogen) atoms. The van der Waals surface area contributed by atoms with Crippen molar-refractivity contribution in [3.63, 3.8) is 0 Å². The second-order valence-corrected chi connectivity index (χ2v) is 4.44. The Balaban J connectivity index is 3.21. The van der Waals surface area contributed by atoms with Gasteiger partial charge in [0.25, 0.3) is 5.91 Å². The molecule has 0 bridgehead atoms. The molecule has 1 amide bonds. The van der Waals surface area contributed by atoms with Crippen LogP contribution < -0.4 is 0 Å². The van der Waals surface area contributed by atoms with E-state index in [2.05, 4.69) is 4.98 Å². The number of rotatable bonds is 5. The summed E-state index contributed by atoms with van der Waals surface area (Å²) in [5.41, 5.74) is 2.10. The number of aryl methyl sites for hydroxylation is 1. The predicted molar refractivity (Wildman–Crippen MR) is 69.5 cm³/mol. The number of carbonyl (C=O) groups is 3. The van der Waals surface area contributed by atoms with E-state index in [0.29, 0.717) is 28.9 Å². The third-order valence-electron chi connectivity index (χ3n) is 2.93. The number of H-pyrrole nitrogens is 1. The number of amides is 1. The Labute approximate surface area is 111 Å². The van der Waals surface area contributed by atoms with Gasteiger partial charge in [-0.15, -0.1) is 0 Å². The second kappa shape index (κ2) is 5.69. The Morgan fingerprint density at radius 3 is 2.32 bits per heavy atom. The van der Waals surface area contributed by atoms with Crippen molar-refractivity contribution in [2.24, 2.45) is 0 Å². The number of hydrogen-bond donors (Lipinski definition) is 2. The Morgan fingerprint density at radius 1 is 1.32 bits per heavy atom. The number of aliphatic carboxylic acids is 1. The normalized spacial score (nSPS) is 10.3. The summed E-state index contributed by atoms with van der Waals surface area (Å²) < 4.78 is 0. The van der Waals surface area contributed by atoms with Crippen LogP contribution in [0, 0.1) is 6.92 Å². The summed E-state index contributed by atoms with van der Waals surface area (Å²) in [6.45, 7) is 4.65. The molecule has 6 heteroatoms. The molecule has 0 unspecified atom stereocenters. The zero-order chi connectivity index (χ0) is 14.7. The number of carboxylic acids is 1. The minimum absolute atomic E-state index is 0.106. The molecule has 0 fully saturated rings. The molecule has 1 rings (SSSR count). The monoisotopic (exact) mass is 266 g/mol. The molecule has 6 nitrogen and oxygen atoms in total. The molecule has 0 spiro atoms. The second-order valence-electron chi connectivity index (χ2n) is 4.44. The van der Waals surface area contributed by atoms with Crippen LogP contribution in [0.2, 0.25) is 0 Å². The van der Waals surface area contributed by atoms with Crippen LogP contribution in [0.5, 0.6) is 0 Å². The molecule has 0 saturated heterocycles. The van der Waals surface area contributed by atoms with Gasteiger partial charge in [-0.05, 0) is 25.8 Å².